The molecule has 0 aliphatic carbocycles. The van der Waals surface area contributed by atoms with E-state index in [-0.39, 0.29) is 5.69 Å². The molecule has 2 unspecified atom stereocenters. The summed E-state index contributed by atoms with van der Waals surface area (Å²) in [5, 5.41) is 25.5. The van der Waals surface area contributed by atoms with Gasteiger partial charge >= 0.3 is 5.69 Å². The summed E-state index contributed by atoms with van der Waals surface area (Å²) >= 11 is 3.41. The molecule has 5 rings (SSSR count). The Hall–Kier alpha value is -3.56. The van der Waals surface area contributed by atoms with Crippen molar-refractivity contribution in [3.63, 3.8) is 0 Å². The number of nitrogens with zero attached hydrogens (tertiary/aromatic N) is 5. The first kappa shape index (κ1) is 27.0. The highest BCUT2D eigenvalue weighted by molar-refractivity contribution is 9.10. The largest absolute Gasteiger partial charge is 0.507 e. The SMILES string of the molecule is Cc1cc(N2CCN(c3ccc(-n4c(C)nn(C(C)C(O)c5ccc(Br)cc5)c4=O)cc3)CC2)cc(C)c1O. The van der Waals surface area contributed by atoms with Crippen LogP contribution in [0.4, 0.5) is 11.4 Å². The standard InChI is InChI=1S/C30H34BrN5O3/c1-19-17-27(18-20(2)28(19)37)34-15-13-33(14-16-34)25-9-11-26(12-10-25)35-22(4)32-36(30(35)39)21(3)29(38)23-5-7-24(31)8-6-23/h5-12,17-18,21,29,37-38H,13-16H2,1-4H3. The lowest BCUT2D eigenvalue weighted by molar-refractivity contribution is 0.113. The fourth-order valence-corrected chi connectivity index (χ4v) is 5.53. The lowest BCUT2D eigenvalue weighted by Crippen LogP contribution is -2.46. The van der Waals surface area contributed by atoms with Crippen molar-refractivity contribution in [2.75, 3.05) is 36.0 Å². The number of aromatic nitrogens is 3. The molecule has 0 bridgehead atoms. The number of aliphatic hydroxyl groups is 1. The molecular formula is C30H34BrN5O3. The summed E-state index contributed by atoms with van der Waals surface area (Å²) in [4.78, 5) is 18.1. The second-order valence-corrected chi connectivity index (χ2v) is 11.2. The number of hydrogen-bond donors (Lipinski definition) is 2. The molecule has 1 fully saturated rings. The molecule has 1 aliphatic rings. The van der Waals surface area contributed by atoms with Gasteiger partial charge in [0.1, 0.15) is 17.7 Å². The van der Waals surface area contributed by atoms with Crippen LogP contribution in [-0.2, 0) is 0 Å². The minimum atomic E-state index is -0.867. The second-order valence-electron chi connectivity index (χ2n) is 10.3. The number of anilines is 2. The summed E-state index contributed by atoms with van der Waals surface area (Å²) in [6, 6.07) is 19.0. The van der Waals surface area contributed by atoms with Crippen molar-refractivity contribution < 1.29 is 10.2 Å². The van der Waals surface area contributed by atoms with Gasteiger partial charge in [0.05, 0.1) is 11.7 Å². The zero-order valence-corrected chi connectivity index (χ0v) is 24.3. The van der Waals surface area contributed by atoms with E-state index < -0.39 is 12.1 Å². The highest BCUT2D eigenvalue weighted by Gasteiger charge is 2.24. The lowest BCUT2D eigenvalue weighted by atomic mass is 10.0. The Labute approximate surface area is 236 Å². The average molecular weight is 593 g/mol. The van der Waals surface area contributed by atoms with Gasteiger partial charge in [-0.05, 0) is 92.9 Å². The molecule has 0 radical (unpaired) electrons. The smallest absolute Gasteiger partial charge is 0.350 e. The van der Waals surface area contributed by atoms with E-state index in [4.69, 9.17) is 0 Å². The Kier molecular flexibility index (Phi) is 7.55. The predicted molar refractivity (Wildman–Crippen MR) is 158 cm³/mol. The number of benzene rings is 3. The Morgan fingerprint density at radius 2 is 1.33 bits per heavy atom. The first-order chi connectivity index (χ1) is 18.6. The lowest BCUT2D eigenvalue weighted by Gasteiger charge is -2.37. The van der Waals surface area contributed by atoms with Crippen molar-refractivity contribution in [1.29, 1.82) is 0 Å². The summed E-state index contributed by atoms with van der Waals surface area (Å²) < 4.78 is 3.88. The maximum absolute atomic E-state index is 13.4. The molecule has 39 heavy (non-hydrogen) atoms. The maximum atomic E-state index is 13.4. The predicted octanol–water partition coefficient (Wildman–Crippen LogP) is 5.05. The molecule has 0 amide bonds. The van der Waals surface area contributed by atoms with Gasteiger partial charge in [-0.15, -0.1) is 0 Å². The molecule has 4 aromatic rings. The minimum Gasteiger partial charge on any atom is -0.507 e. The number of phenols is 1. The number of rotatable bonds is 6. The van der Waals surface area contributed by atoms with Crippen molar-refractivity contribution in [3.05, 3.63) is 98.1 Å². The number of aromatic hydroxyl groups is 1. The fraction of sp³-hybridized carbons (Fsp3) is 0.333. The van der Waals surface area contributed by atoms with E-state index in [2.05, 4.69) is 30.8 Å². The van der Waals surface area contributed by atoms with Crippen LogP contribution in [0.15, 0.2) is 69.9 Å². The minimum absolute atomic E-state index is 0.281. The molecule has 3 aromatic carbocycles. The summed E-state index contributed by atoms with van der Waals surface area (Å²) in [5.41, 5.74) is 5.23. The molecule has 2 atom stereocenters. The molecule has 2 N–H and O–H groups in total. The van der Waals surface area contributed by atoms with Gasteiger partial charge in [-0.1, -0.05) is 28.1 Å². The van der Waals surface area contributed by atoms with Gasteiger partial charge in [-0.2, -0.15) is 5.10 Å². The molecule has 9 heteroatoms. The molecule has 1 aromatic heterocycles. The van der Waals surface area contributed by atoms with Gasteiger partial charge in [0.2, 0.25) is 0 Å². The maximum Gasteiger partial charge on any atom is 0.350 e. The Morgan fingerprint density at radius 1 is 0.821 bits per heavy atom. The Morgan fingerprint density at radius 3 is 1.90 bits per heavy atom. The van der Waals surface area contributed by atoms with E-state index in [9.17, 15) is 15.0 Å². The van der Waals surface area contributed by atoms with Crippen LogP contribution >= 0.6 is 15.9 Å². The van der Waals surface area contributed by atoms with E-state index in [0.29, 0.717) is 11.6 Å². The van der Waals surface area contributed by atoms with Crippen molar-refractivity contribution in [1.82, 2.24) is 14.3 Å². The molecule has 0 spiro atoms. The molecule has 8 nitrogen and oxygen atoms in total. The van der Waals surface area contributed by atoms with Gasteiger partial charge in [0, 0.05) is 42.0 Å². The van der Waals surface area contributed by atoms with E-state index >= 15 is 0 Å². The van der Waals surface area contributed by atoms with Crippen LogP contribution in [0.3, 0.4) is 0 Å². The van der Waals surface area contributed by atoms with Crippen LogP contribution in [0.25, 0.3) is 5.69 Å². The number of aliphatic hydroxyl groups excluding tert-OH is 1. The van der Waals surface area contributed by atoms with Crippen molar-refractivity contribution in [2.45, 2.75) is 39.8 Å². The van der Waals surface area contributed by atoms with Gasteiger partial charge in [-0.25, -0.2) is 14.0 Å². The van der Waals surface area contributed by atoms with Crippen molar-refractivity contribution in [3.8, 4) is 11.4 Å². The number of hydrogen-bond acceptors (Lipinski definition) is 6. The van der Waals surface area contributed by atoms with Crippen LogP contribution in [0.5, 0.6) is 5.75 Å². The van der Waals surface area contributed by atoms with Crippen LogP contribution in [0.2, 0.25) is 0 Å². The van der Waals surface area contributed by atoms with Crippen LogP contribution in [-0.4, -0.2) is 50.7 Å². The monoisotopic (exact) mass is 591 g/mol. The molecule has 0 saturated carbocycles. The highest BCUT2D eigenvalue weighted by Crippen LogP contribution is 2.30. The van der Waals surface area contributed by atoms with Crippen molar-refractivity contribution in [2.24, 2.45) is 0 Å². The van der Waals surface area contributed by atoms with Gasteiger partial charge in [0.25, 0.3) is 0 Å². The first-order valence-corrected chi connectivity index (χ1v) is 14.0. The van der Waals surface area contributed by atoms with Gasteiger partial charge in [0.15, 0.2) is 0 Å². The first-order valence-electron chi connectivity index (χ1n) is 13.2. The topological polar surface area (TPSA) is 86.8 Å². The summed E-state index contributed by atoms with van der Waals surface area (Å²) in [7, 11) is 0. The van der Waals surface area contributed by atoms with E-state index in [1.54, 1.807) is 18.4 Å². The molecular weight excluding hydrogens is 558 g/mol. The average Bonchev–Trinajstić information content (AvgIpc) is 3.24. The number of piperazine rings is 1. The summed E-state index contributed by atoms with van der Waals surface area (Å²) in [5.74, 6) is 0.934. The third-order valence-electron chi connectivity index (χ3n) is 7.61. The second kappa shape index (κ2) is 10.9. The van der Waals surface area contributed by atoms with Gasteiger partial charge in [-0.3, -0.25) is 0 Å². The summed E-state index contributed by atoms with van der Waals surface area (Å²) in [6.07, 6.45) is -0.867. The zero-order valence-electron chi connectivity index (χ0n) is 22.7. The number of halogens is 1. The molecule has 1 saturated heterocycles. The Bertz CT molecular complexity index is 1500. The number of aryl methyl sites for hydroxylation is 3. The van der Waals surface area contributed by atoms with Crippen LogP contribution < -0.4 is 15.5 Å². The molecule has 1 aliphatic heterocycles. The third-order valence-corrected chi connectivity index (χ3v) is 8.14. The molecule has 204 valence electrons. The normalized spacial score (nSPS) is 15.4. The quantitative estimate of drug-likeness (QED) is 0.326. The van der Waals surface area contributed by atoms with E-state index in [0.717, 1.165) is 64.4 Å². The highest BCUT2D eigenvalue weighted by atomic mass is 79.9. The molecule has 2 heterocycles. The third kappa shape index (κ3) is 5.33. The van der Waals surface area contributed by atoms with E-state index in [1.165, 1.54) is 4.68 Å². The van der Waals surface area contributed by atoms with Crippen LogP contribution in [0.1, 0.15) is 41.6 Å². The van der Waals surface area contributed by atoms with Crippen LogP contribution in [0, 0.1) is 20.8 Å². The van der Waals surface area contributed by atoms with Gasteiger partial charge < -0.3 is 20.0 Å². The fourth-order valence-electron chi connectivity index (χ4n) is 5.27. The zero-order chi connectivity index (χ0) is 27.8. The summed E-state index contributed by atoms with van der Waals surface area (Å²) in [6.45, 7) is 11.0. The van der Waals surface area contributed by atoms with Crippen molar-refractivity contribution >= 4 is 27.3 Å². The van der Waals surface area contributed by atoms with E-state index in [1.807, 2.05) is 74.5 Å². The number of phenolic OH excluding ortho intramolecular Hbond substituents is 1. The Balaban J connectivity index is 1.29.